The highest BCUT2D eigenvalue weighted by Crippen LogP contribution is 2.26. The van der Waals surface area contributed by atoms with Crippen LogP contribution in [0.15, 0.2) is 66.7 Å². The van der Waals surface area contributed by atoms with Gasteiger partial charge in [-0.25, -0.2) is 0 Å². The van der Waals surface area contributed by atoms with Gasteiger partial charge in [-0.3, -0.25) is 4.79 Å². The standard InChI is InChI=1S/C18H16F2O/c19-18(20)16(14-8-3-1-4-9-14)12-7-13-17(21)15-10-5-2-6-11-15/h1-6,8-11H,7,12-13H2. The van der Waals surface area contributed by atoms with E-state index in [1.807, 2.05) is 6.07 Å². The molecule has 21 heavy (non-hydrogen) atoms. The summed E-state index contributed by atoms with van der Waals surface area (Å²) < 4.78 is 26.1. The van der Waals surface area contributed by atoms with Crippen molar-refractivity contribution >= 4 is 11.4 Å². The summed E-state index contributed by atoms with van der Waals surface area (Å²) in [5.41, 5.74) is 1.17. The molecule has 2 aromatic carbocycles. The Morgan fingerprint density at radius 2 is 1.29 bits per heavy atom. The number of ketones is 1. The van der Waals surface area contributed by atoms with Crippen molar-refractivity contribution in [3.8, 4) is 0 Å². The normalized spacial score (nSPS) is 10.2. The molecule has 0 bridgehead atoms. The van der Waals surface area contributed by atoms with Gasteiger partial charge in [0.1, 0.15) is 0 Å². The molecular formula is C18H16F2O. The number of carbonyl (C=O) groups excluding carboxylic acids is 1. The molecule has 1 nitrogen and oxygen atoms in total. The van der Waals surface area contributed by atoms with E-state index in [0.717, 1.165) is 0 Å². The largest absolute Gasteiger partial charge is 0.294 e. The first-order chi connectivity index (χ1) is 10.2. The summed E-state index contributed by atoms with van der Waals surface area (Å²) in [6.45, 7) is 0. The Morgan fingerprint density at radius 3 is 1.81 bits per heavy atom. The summed E-state index contributed by atoms with van der Waals surface area (Å²) in [5.74, 6) is -0.0118. The number of allylic oxidation sites excluding steroid dienone is 1. The van der Waals surface area contributed by atoms with Gasteiger partial charge in [0.05, 0.1) is 0 Å². The maximum Gasteiger partial charge on any atom is 0.274 e. The zero-order chi connectivity index (χ0) is 15.1. The molecule has 2 aromatic rings. The van der Waals surface area contributed by atoms with Crippen LogP contribution in [0.3, 0.4) is 0 Å². The Morgan fingerprint density at radius 1 is 0.762 bits per heavy atom. The first-order valence-corrected chi connectivity index (χ1v) is 6.86. The average molecular weight is 286 g/mol. The first-order valence-electron chi connectivity index (χ1n) is 6.86. The van der Waals surface area contributed by atoms with E-state index in [1.54, 1.807) is 54.6 Å². The lowest BCUT2D eigenvalue weighted by Crippen LogP contribution is -1.99. The minimum Gasteiger partial charge on any atom is -0.294 e. The molecule has 0 aromatic heterocycles. The van der Waals surface area contributed by atoms with Crippen LogP contribution in [0.1, 0.15) is 35.2 Å². The van der Waals surface area contributed by atoms with Crippen molar-refractivity contribution in [1.82, 2.24) is 0 Å². The lowest BCUT2D eigenvalue weighted by atomic mass is 9.99. The van der Waals surface area contributed by atoms with Crippen LogP contribution in [-0.2, 0) is 0 Å². The number of halogens is 2. The van der Waals surface area contributed by atoms with Crippen molar-refractivity contribution in [3.05, 3.63) is 77.9 Å². The van der Waals surface area contributed by atoms with Gasteiger partial charge in [0.2, 0.25) is 0 Å². The second kappa shape index (κ2) is 7.48. The van der Waals surface area contributed by atoms with Crippen molar-refractivity contribution in [1.29, 1.82) is 0 Å². The highest BCUT2D eigenvalue weighted by atomic mass is 19.3. The van der Waals surface area contributed by atoms with Crippen molar-refractivity contribution in [2.24, 2.45) is 0 Å². The van der Waals surface area contributed by atoms with E-state index in [-0.39, 0.29) is 24.2 Å². The molecular weight excluding hydrogens is 270 g/mol. The Labute approximate surface area is 122 Å². The molecule has 0 N–H and O–H groups in total. The van der Waals surface area contributed by atoms with E-state index < -0.39 is 6.08 Å². The lowest BCUT2D eigenvalue weighted by molar-refractivity contribution is 0.0980. The summed E-state index contributed by atoms with van der Waals surface area (Å²) in [6.07, 6.45) is -0.790. The minimum absolute atomic E-state index is 0.0118. The summed E-state index contributed by atoms with van der Waals surface area (Å²) in [6, 6.07) is 17.5. The van der Waals surface area contributed by atoms with Crippen molar-refractivity contribution in [2.75, 3.05) is 0 Å². The van der Waals surface area contributed by atoms with Crippen molar-refractivity contribution in [2.45, 2.75) is 19.3 Å². The fourth-order valence-electron chi connectivity index (χ4n) is 2.18. The van der Waals surface area contributed by atoms with E-state index in [9.17, 15) is 13.6 Å². The zero-order valence-corrected chi connectivity index (χ0v) is 11.6. The first kappa shape index (κ1) is 15.1. The lowest BCUT2D eigenvalue weighted by Gasteiger charge is -2.06. The van der Waals surface area contributed by atoms with Crippen LogP contribution in [0.4, 0.5) is 8.78 Å². The maximum atomic E-state index is 13.0. The van der Waals surface area contributed by atoms with Crippen LogP contribution >= 0.6 is 0 Å². The number of carbonyl (C=O) groups is 1. The van der Waals surface area contributed by atoms with Gasteiger partial charge in [-0.15, -0.1) is 0 Å². The molecule has 0 fully saturated rings. The van der Waals surface area contributed by atoms with Gasteiger partial charge in [0.25, 0.3) is 6.08 Å². The van der Waals surface area contributed by atoms with E-state index in [0.29, 0.717) is 17.5 Å². The van der Waals surface area contributed by atoms with E-state index in [4.69, 9.17) is 0 Å². The van der Waals surface area contributed by atoms with Crippen LogP contribution in [0.5, 0.6) is 0 Å². The van der Waals surface area contributed by atoms with Crippen LogP contribution < -0.4 is 0 Å². The van der Waals surface area contributed by atoms with Gasteiger partial charge in [-0.1, -0.05) is 60.7 Å². The molecule has 0 heterocycles. The van der Waals surface area contributed by atoms with Gasteiger partial charge < -0.3 is 0 Å². The topological polar surface area (TPSA) is 17.1 Å². The molecule has 108 valence electrons. The van der Waals surface area contributed by atoms with Gasteiger partial charge >= 0.3 is 0 Å². The van der Waals surface area contributed by atoms with Gasteiger partial charge in [0.15, 0.2) is 5.78 Å². The predicted molar refractivity (Wildman–Crippen MR) is 80.2 cm³/mol. The van der Waals surface area contributed by atoms with Crippen LogP contribution in [0.2, 0.25) is 0 Å². The fourth-order valence-corrected chi connectivity index (χ4v) is 2.18. The van der Waals surface area contributed by atoms with E-state index in [1.165, 1.54) is 0 Å². The van der Waals surface area contributed by atoms with Crippen LogP contribution in [-0.4, -0.2) is 5.78 Å². The highest BCUT2D eigenvalue weighted by molar-refractivity contribution is 5.96. The molecule has 0 amide bonds. The second-order valence-corrected chi connectivity index (χ2v) is 4.75. The molecule has 3 heteroatoms. The fraction of sp³-hybridized carbons (Fsp3) is 0.167. The number of hydrogen-bond donors (Lipinski definition) is 0. The van der Waals surface area contributed by atoms with Gasteiger partial charge in [-0.05, 0) is 18.4 Å². The van der Waals surface area contributed by atoms with Crippen molar-refractivity contribution in [3.63, 3.8) is 0 Å². The Balaban J connectivity index is 1.96. The van der Waals surface area contributed by atoms with E-state index >= 15 is 0 Å². The second-order valence-electron chi connectivity index (χ2n) is 4.75. The van der Waals surface area contributed by atoms with Crippen LogP contribution in [0.25, 0.3) is 5.57 Å². The molecule has 0 radical (unpaired) electrons. The molecule has 0 spiro atoms. The molecule has 0 aliphatic rings. The molecule has 0 saturated carbocycles. The Kier molecular flexibility index (Phi) is 5.38. The number of Topliss-reactive ketones (excluding diaryl/α,β-unsaturated/α-hetero) is 1. The molecule has 0 aliphatic carbocycles. The minimum atomic E-state index is -1.67. The predicted octanol–water partition coefficient (Wildman–Crippen LogP) is 5.35. The number of benzene rings is 2. The van der Waals surface area contributed by atoms with Gasteiger partial charge in [-0.2, -0.15) is 8.78 Å². The average Bonchev–Trinajstić information content (AvgIpc) is 2.52. The quantitative estimate of drug-likeness (QED) is 0.654. The van der Waals surface area contributed by atoms with Crippen molar-refractivity contribution < 1.29 is 13.6 Å². The SMILES string of the molecule is O=C(CCCC(=C(F)F)c1ccccc1)c1ccccc1. The molecule has 0 aliphatic heterocycles. The number of rotatable bonds is 6. The molecule has 2 rings (SSSR count). The Bertz CT molecular complexity index is 614. The number of hydrogen-bond acceptors (Lipinski definition) is 1. The van der Waals surface area contributed by atoms with Gasteiger partial charge in [0, 0.05) is 17.6 Å². The highest BCUT2D eigenvalue weighted by Gasteiger charge is 2.11. The molecule has 0 atom stereocenters. The third-order valence-electron chi connectivity index (χ3n) is 3.28. The third kappa shape index (κ3) is 4.35. The molecule has 0 unspecified atom stereocenters. The summed E-state index contributed by atoms with van der Waals surface area (Å²) in [7, 11) is 0. The summed E-state index contributed by atoms with van der Waals surface area (Å²) in [4.78, 5) is 11.9. The van der Waals surface area contributed by atoms with E-state index in [2.05, 4.69) is 0 Å². The Hall–Kier alpha value is -2.29. The summed E-state index contributed by atoms with van der Waals surface area (Å²) in [5, 5.41) is 0. The van der Waals surface area contributed by atoms with Crippen LogP contribution in [0, 0.1) is 0 Å². The molecule has 0 saturated heterocycles. The maximum absolute atomic E-state index is 13.0. The zero-order valence-electron chi connectivity index (χ0n) is 11.6. The summed E-state index contributed by atoms with van der Waals surface area (Å²) >= 11 is 0. The smallest absolute Gasteiger partial charge is 0.274 e. The monoisotopic (exact) mass is 286 g/mol. The third-order valence-corrected chi connectivity index (χ3v) is 3.28.